The van der Waals surface area contributed by atoms with Crippen LogP contribution < -0.4 is 0 Å². The molecule has 2 N–H and O–H groups in total. The first-order valence-electron chi connectivity index (χ1n) is 8.84. The van der Waals surface area contributed by atoms with Crippen molar-refractivity contribution in [3.63, 3.8) is 0 Å². The van der Waals surface area contributed by atoms with E-state index in [0.29, 0.717) is 30.1 Å². The lowest BCUT2D eigenvalue weighted by molar-refractivity contribution is -0.138. The van der Waals surface area contributed by atoms with Crippen molar-refractivity contribution < 1.29 is 29.2 Å². The number of allylic oxidation sites excluding steroid dienone is 1. The predicted octanol–water partition coefficient (Wildman–Crippen LogP) is 1.86. The van der Waals surface area contributed by atoms with Gasteiger partial charge in [0.25, 0.3) is 0 Å². The van der Waals surface area contributed by atoms with Gasteiger partial charge in [-0.25, -0.2) is 4.79 Å². The predicted molar refractivity (Wildman–Crippen MR) is 97.1 cm³/mol. The van der Waals surface area contributed by atoms with Crippen LogP contribution in [0.4, 0.5) is 0 Å². The number of hydrogen-bond acceptors (Lipinski definition) is 6. The molecule has 1 aliphatic heterocycles. The van der Waals surface area contributed by atoms with Crippen LogP contribution in [0.3, 0.4) is 0 Å². The molecule has 1 saturated heterocycles. The van der Waals surface area contributed by atoms with E-state index in [1.165, 1.54) is 0 Å². The third-order valence-corrected chi connectivity index (χ3v) is 4.66. The van der Waals surface area contributed by atoms with Crippen LogP contribution in [0.2, 0.25) is 0 Å². The van der Waals surface area contributed by atoms with E-state index in [1.807, 2.05) is 30.3 Å². The molecular weight excluding hydrogens is 348 g/mol. The van der Waals surface area contributed by atoms with E-state index >= 15 is 0 Å². The van der Waals surface area contributed by atoms with Gasteiger partial charge in [-0.15, -0.1) is 0 Å². The number of hydrogen-bond donors (Lipinski definition) is 2. The van der Waals surface area contributed by atoms with Crippen molar-refractivity contribution in [2.75, 3.05) is 19.8 Å². The van der Waals surface area contributed by atoms with Crippen LogP contribution >= 0.6 is 0 Å². The van der Waals surface area contributed by atoms with E-state index in [2.05, 4.69) is 0 Å². The maximum absolute atomic E-state index is 12.6. The Balaban J connectivity index is 1.95. The van der Waals surface area contributed by atoms with E-state index in [4.69, 9.17) is 14.2 Å². The van der Waals surface area contributed by atoms with E-state index in [-0.39, 0.29) is 17.8 Å². The molecule has 0 aromatic heterocycles. The molecule has 3 aliphatic rings. The summed E-state index contributed by atoms with van der Waals surface area (Å²) in [4.78, 5) is 12.6. The number of esters is 1. The fourth-order valence-electron chi connectivity index (χ4n) is 3.52. The smallest absolute Gasteiger partial charge is 0.338 e. The molecule has 6 heteroatoms. The number of ether oxygens (including phenoxy) is 3. The second-order valence-electron chi connectivity index (χ2n) is 6.43. The maximum atomic E-state index is 12.6. The molecule has 0 spiro atoms. The second-order valence-corrected chi connectivity index (χ2v) is 6.43. The topological polar surface area (TPSA) is 85.2 Å². The van der Waals surface area contributed by atoms with E-state index < -0.39 is 17.9 Å². The quantitative estimate of drug-likeness (QED) is 0.626. The molecule has 140 valence electrons. The molecule has 0 bridgehead atoms. The Morgan fingerprint density at radius 3 is 2.78 bits per heavy atom. The van der Waals surface area contributed by atoms with Crippen LogP contribution in [-0.4, -0.2) is 47.9 Å². The fourth-order valence-corrected chi connectivity index (χ4v) is 3.52. The average molecular weight is 368 g/mol. The van der Waals surface area contributed by atoms with Gasteiger partial charge >= 0.3 is 5.97 Å². The summed E-state index contributed by atoms with van der Waals surface area (Å²) in [5.41, 5.74) is 2.20. The van der Waals surface area contributed by atoms with Crippen LogP contribution in [0.15, 0.2) is 71.0 Å². The summed E-state index contributed by atoms with van der Waals surface area (Å²) in [5, 5.41) is 21.3. The van der Waals surface area contributed by atoms with Crippen molar-refractivity contribution in [3.8, 4) is 0 Å². The SMILES string of the molecule is CCOC(=O)C1=CC(O)(O)C2=CC3OCCOC3=CC2=C1c1ccccc1. The Morgan fingerprint density at radius 1 is 1.26 bits per heavy atom. The highest BCUT2D eigenvalue weighted by Crippen LogP contribution is 2.44. The summed E-state index contributed by atoms with van der Waals surface area (Å²) in [6.07, 6.45) is 4.00. The minimum absolute atomic E-state index is 0.104. The van der Waals surface area contributed by atoms with Crippen molar-refractivity contribution in [1.82, 2.24) is 0 Å². The van der Waals surface area contributed by atoms with E-state index in [9.17, 15) is 15.0 Å². The van der Waals surface area contributed by atoms with Crippen LogP contribution in [-0.2, 0) is 19.0 Å². The molecule has 1 aromatic rings. The lowest BCUT2D eigenvalue weighted by atomic mass is 9.77. The Kier molecular flexibility index (Phi) is 4.47. The van der Waals surface area contributed by atoms with Gasteiger partial charge in [0, 0.05) is 11.1 Å². The lowest BCUT2D eigenvalue weighted by Crippen LogP contribution is -2.38. The van der Waals surface area contributed by atoms with Crippen LogP contribution in [0, 0.1) is 0 Å². The Bertz CT molecular complexity index is 889. The summed E-state index contributed by atoms with van der Waals surface area (Å²) < 4.78 is 16.5. The fraction of sp³-hybridized carbons (Fsp3) is 0.286. The zero-order valence-corrected chi connectivity index (χ0v) is 14.8. The maximum Gasteiger partial charge on any atom is 0.338 e. The molecule has 1 aromatic carbocycles. The van der Waals surface area contributed by atoms with Gasteiger partial charge in [-0.1, -0.05) is 30.3 Å². The summed E-state index contributed by atoms with van der Waals surface area (Å²) in [6.45, 7) is 2.72. The third-order valence-electron chi connectivity index (χ3n) is 4.66. The highest BCUT2D eigenvalue weighted by Gasteiger charge is 2.42. The molecule has 1 fully saturated rings. The zero-order valence-electron chi connectivity index (χ0n) is 14.8. The van der Waals surface area contributed by atoms with E-state index in [1.54, 1.807) is 19.1 Å². The first-order chi connectivity index (χ1) is 13.0. The summed E-state index contributed by atoms with van der Waals surface area (Å²) in [6, 6.07) is 9.30. The highest BCUT2D eigenvalue weighted by molar-refractivity contribution is 6.09. The van der Waals surface area contributed by atoms with Crippen molar-refractivity contribution >= 4 is 11.5 Å². The first kappa shape index (κ1) is 17.7. The van der Waals surface area contributed by atoms with Gasteiger partial charge in [-0.05, 0) is 36.3 Å². The van der Waals surface area contributed by atoms with E-state index in [0.717, 1.165) is 11.6 Å². The van der Waals surface area contributed by atoms with Crippen molar-refractivity contribution in [2.45, 2.75) is 18.8 Å². The number of carbonyl (C=O) groups is 1. The Morgan fingerprint density at radius 2 is 2.04 bits per heavy atom. The van der Waals surface area contributed by atoms with Gasteiger partial charge in [0.05, 0.1) is 18.8 Å². The average Bonchev–Trinajstić information content (AvgIpc) is 2.67. The third kappa shape index (κ3) is 3.12. The molecule has 1 unspecified atom stereocenters. The van der Waals surface area contributed by atoms with Crippen LogP contribution in [0.25, 0.3) is 5.57 Å². The highest BCUT2D eigenvalue weighted by atomic mass is 16.6. The summed E-state index contributed by atoms with van der Waals surface area (Å²) in [7, 11) is 0. The standard InChI is InChI=1S/C21H20O6/c1-2-25-20(22)15-12-21(23,24)16-11-18-17(26-8-9-27-18)10-14(16)19(15)13-6-4-3-5-7-13/h3-7,10-12,18,23-24H,2,8-9H2,1H3. The first-order valence-corrected chi connectivity index (χ1v) is 8.84. The van der Waals surface area contributed by atoms with Gasteiger partial charge in [-0.3, -0.25) is 0 Å². The second kappa shape index (κ2) is 6.81. The van der Waals surface area contributed by atoms with Gasteiger partial charge in [0.15, 0.2) is 0 Å². The molecule has 0 amide bonds. The molecular formula is C21H20O6. The summed E-state index contributed by atoms with van der Waals surface area (Å²) >= 11 is 0. The molecule has 27 heavy (non-hydrogen) atoms. The monoisotopic (exact) mass is 368 g/mol. The molecule has 0 saturated carbocycles. The number of benzene rings is 1. The van der Waals surface area contributed by atoms with Crippen LogP contribution in [0.1, 0.15) is 12.5 Å². The van der Waals surface area contributed by atoms with Gasteiger partial charge in [0.1, 0.15) is 18.5 Å². The zero-order chi connectivity index (χ0) is 19.0. The molecule has 1 heterocycles. The number of fused-ring (bicyclic) bond motifs is 2. The minimum Gasteiger partial charge on any atom is -0.492 e. The van der Waals surface area contributed by atoms with Gasteiger partial charge in [0.2, 0.25) is 5.79 Å². The van der Waals surface area contributed by atoms with Gasteiger partial charge < -0.3 is 24.4 Å². The van der Waals surface area contributed by atoms with Crippen molar-refractivity contribution in [1.29, 1.82) is 0 Å². The van der Waals surface area contributed by atoms with Crippen LogP contribution in [0.5, 0.6) is 0 Å². The minimum atomic E-state index is -2.32. The molecule has 4 rings (SSSR count). The molecule has 0 radical (unpaired) electrons. The van der Waals surface area contributed by atoms with Crippen molar-refractivity contribution in [2.24, 2.45) is 0 Å². The molecule has 6 nitrogen and oxygen atoms in total. The largest absolute Gasteiger partial charge is 0.492 e. The molecule has 2 aliphatic carbocycles. The van der Waals surface area contributed by atoms with Gasteiger partial charge in [-0.2, -0.15) is 0 Å². The Labute approximate surface area is 156 Å². The van der Waals surface area contributed by atoms with Crippen molar-refractivity contribution in [3.05, 3.63) is 76.6 Å². The molecule has 1 atom stereocenters. The number of rotatable bonds is 3. The number of carbonyl (C=O) groups excluding carboxylic acids is 1. The number of aliphatic hydroxyl groups is 2. The summed E-state index contributed by atoms with van der Waals surface area (Å²) in [5.74, 6) is -2.36. The lowest BCUT2D eigenvalue weighted by Gasteiger charge is -2.36. The Hall–Kier alpha value is -2.67. The normalized spacial score (nSPS) is 23.2.